The Bertz CT molecular complexity index is 741. The number of aromatic nitrogens is 1. The Morgan fingerprint density at radius 1 is 1.14 bits per heavy atom. The van der Waals surface area contributed by atoms with Crippen LogP contribution in [0.1, 0.15) is 11.4 Å². The third-order valence-electron chi connectivity index (χ3n) is 3.00. The van der Waals surface area contributed by atoms with Crippen LogP contribution in [0.4, 0.5) is 5.69 Å². The average Bonchev–Trinajstić information content (AvgIpc) is 2.74. The number of hydrogen-bond donors (Lipinski definition) is 0. The van der Waals surface area contributed by atoms with Crippen LogP contribution in [0.5, 0.6) is 0 Å². The minimum absolute atomic E-state index is 0.0977. The van der Waals surface area contributed by atoms with Crippen molar-refractivity contribution in [3.63, 3.8) is 0 Å². The van der Waals surface area contributed by atoms with Gasteiger partial charge in [0.05, 0.1) is 16.3 Å². The lowest BCUT2D eigenvalue weighted by Crippen LogP contribution is -2.27. The van der Waals surface area contributed by atoms with Crippen molar-refractivity contribution in [3.05, 3.63) is 64.8 Å². The predicted octanol–water partition coefficient (Wildman–Crippen LogP) is 3.80. The Balaban J connectivity index is 1.94. The Morgan fingerprint density at radius 2 is 1.90 bits per heavy atom. The van der Waals surface area contributed by atoms with E-state index >= 15 is 0 Å². The van der Waals surface area contributed by atoms with Gasteiger partial charge >= 0.3 is 0 Å². The molecule has 0 N–H and O–H groups in total. The van der Waals surface area contributed by atoms with E-state index in [1.165, 1.54) is 11.8 Å². The molecule has 1 aromatic heterocycles. The van der Waals surface area contributed by atoms with E-state index < -0.39 is 0 Å². The van der Waals surface area contributed by atoms with Crippen molar-refractivity contribution in [1.29, 1.82) is 0 Å². The second-order valence-corrected chi connectivity index (χ2v) is 6.23. The minimum Gasteiger partial charge on any atom is -0.268 e. The summed E-state index contributed by atoms with van der Waals surface area (Å²) < 4.78 is 0.546. The van der Waals surface area contributed by atoms with Gasteiger partial charge in [0.15, 0.2) is 4.32 Å². The summed E-state index contributed by atoms with van der Waals surface area (Å²) in [5.41, 5.74) is 2.48. The van der Waals surface area contributed by atoms with Crippen molar-refractivity contribution in [2.75, 3.05) is 4.90 Å². The smallest absolute Gasteiger partial charge is 0.268 e. The molecule has 1 aliphatic heterocycles. The number of carbonyl (C=O) groups excluding carboxylic acids is 1. The van der Waals surface area contributed by atoms with Crippen molar-refractivity contribution in [2.24, 2.45) is 0 Å². The molecule has 3 nitrogen and oxygen atoms in total. The molecule has 0 saturated carbocycles. The highest BCUT2D eigenvalue weighted by atomic mass is 32.2. The quantitative estimate of drug-likeness (QED) is 0.624. The van der Waals surface area contributed by atoms with Crippen molar-refractivity contribution in [3.8, 4) is 0 Å². The Morgan fingerprint density at radius 3 is 2.62 bits per heavy atom. The van der Waals surface area contributed by atoms with E-state index in [-0.39, 0.29) is 5.91 Å². The van der Waals surface area contributed by atoms with Gasteiger partial charge in [-0.25, -0.2) is 0 Å². The SMILES string of the molecule is Cc1cccc(/C=C2/SC(=S)N(c3ccccc3)C2=O)n1. The highest BCUT2D eigenvalue weighted by molar-refractivity contribution is 8.27. The second kappa shape index (κ2) is 5.79. The molecule has 0 unspecified atom stereocenters. The summed E-state index contributed by atoms with van der Waals surface area (Å²) in [6.45, 7) is 1.92. The minimum atomic E-state index is -0.0977. The summed E-state index contributed by atoms with van der Waals surface area (Å²) in [6, 6.07) is 15.2. The number of rotatable bonds is 2. The Kier molecular flexibility index (Phi) is 3.86. The third-order valence-corrected chi connectivity index (χ3v) is 4.30. The van der Waals surface area contributed by atoms with Gasteiger partial charge in [0.25, 0.3) is 5.91 Å². The summed E-state index contributed by atoms with van der Waals surface area (Å²) in [7, 11) is 0. The molecular weight excluding hydrogens is 300 g/mol. The third kappa shape index (κ3) is 2.89. The molecule has 0 bridgehead atoms. The summed E-state index contributed by atoms with van der Waals surface area (Å²) in [4.78, 5) is 19.1. The maximum Gasteiger partial charge on any atom is 0.270 e. The molecule has 21 heavy (non-hydrogen) atoms. The summed E-state index contributed by atoms with van der Waals surface area (Å²) in [6.07, 6.45) is 1.79. The molecule has 0 atom stereocenters. The lowest BCUT2D eigenvalue weighted by Gasteiger charge is -2.13. The van der Waals surface area contributed by atoms with Gasteiger partial charge in [-0.2, -0.15) is 0 Å². The molecule has 0 radical (unpaired) electrons. The van der Waals surface area contributed by atoms with Crippen LogP contribution in [0.25, 0.3) is 6.08 Å². The van der Waals surface area contributed by atoms with E-state index in [0.717, 1.165) is 17.1 Å². The number of thioether (sulfide) groups is 1. The average molecular weight is 312 g/mol. The molecule has 5 heteroatoms. The van der Waals surface area contributed by atoms with Crippen LogP contribution in [-0.4, -0.2) is 15.2 Å². The number of para-hydroxylation sites is 1. The van der Waals surface area contributed by atoms with Crippen LogP contribution in [0.2, 0.25) is 0 Å². The zero-order chi connectivity index (χ0) is 14.8. The van der Waals surface area contributed by atoms with Gasteiger partial charge in [-0.05, 0) is 37.3 Å². The summed E-state index contributed by atoms with van der Waals surface area (Å²) >= 11 is 6.63. The summed E-state index contributed by atoms with van der Waals surface area (Å²) in [5, 5.41) is 0. The first-order valence-electron chi connectivity index (χ1n) is 6.42. The van der Waals surface area contributed by atoms with Crippen LogP contribution in [0.3, 0.4) is 0 Å². The first kappa shape index (κ1) is 14.0. The van der Waals surface area contributed by atoms with Gasteiger partial charge in [0.1, 0.15) is 0 Å². The van der Waals surface area contributed by atoms with E-state index in [9.17, 15) is 4.79 Å². The summed E-state index contributed by atoms with van der Waals surface area (Å²) in [5.74, 6) is -0.0977. The van der Waals surface area contributed by atoms with Crippen LogP contribution < -0.4 is 4.90 Å². The number of aryl methyl sites for hydroxylation is 1. The molecule has 1 aromatic carbocycles. The van der Waals surface area contributed by atoms with Gasteiger partial charge in [-0.3, -0.25) is 14.7 Å². The van der Waals surface area contributed by atoms with E-state index in [4.69, 9.17) is 12.2 Å². The van der Waals surface area contributed by atoms with E-state index in [1.54, 1.807) is 11.0 Å². The fourth-order valence-corrected chi connectivity index (χ4v) is 3.33. The first-order chi connectivity index (χ1) is 10.1. The molecule has 1 aliphatic rings. The molecule has 3 rings (SSSR count). The molecule has 2 aromatic rings. The number of thiocarbonyl (C=S) groups is 1. The van der Waals surface area contributed by atoms with Crippen LogP contribution in [0.15, 0.2) is 53.4 Å². The van der Waals surface area contributed by atoms with Crippen LogP contribution in [-0.2, 0) is 4.79 Å². The highest BCUT2D eigenvalue weighted by Gasteiger charge is 2.33. The Hall–Kier alpha value is -1.98. The number of nitrogens with zero attached hydrogens (tertiary/aromatic N) is 2. The van der Waals surface area contributed by atoms with Crippen molar-refractivity contribution in [2.45, 2.75) is 6.92 Å². The first-order valence-corrected chi connectivity index (χ1v) is 7.64. The van der Waals surface area contributed by atoms with Crippen LogP contribution in [0, 0.1) is 6.92 Å². The lowest BCUT2D eigenvalue weighted by atomic mass is 10.2. The second-order valence-electron chi connectivity index (χ2n) is 4.56. The number of benzene rings is 1. The fourth-order valence-electron chi connectivity index (χ4n) is 2.05. The topological polar surface area (TPSA) is 33.2 Å². The van der Waals surface area contributed by atoms with Crippen LogP contribution >= 0.6 is 24.0 Å². The van der Waals surface area contributed by atoms with Gasteiger partial charge in [-0.1, -0.05) is 48.2 Å². The van der Waals surface area contributed by atoms with E-state index in [1.807, 2.05) is 55.5 Å². The van der Waals surface area contributed by atoms with E-state index in [0.29, 0.717) is 9.23 Å². The maximum atomic E-state index is 12.5. The van der Waals surface area contributed by atoms with E-state index in [2.05, 4.69) is 4.98 Å². The molecule has 0 aliphatic carbocycles. The molecule has 2 heterocycles. The molecule has 104 valence electrons. The number of carbonyl (C=O) groups is 1. The van der Waals surface area contributed by atoms with Gasteiger partial charge in [0.2, 0.25) is 0 Å². The molecule has 1 saturated heterocycles. The number of pyridine rings is 1. The zero-order valence-electron chi connectivity index (χ0n) is 11.3. The zero-order valence-corrected chi connectivity index (χ0v) is 12.9. The highest BCUT2D eigenvalue weighted by Crippen LogP contribution is 2.35. The largest absolute Gasteiger partial charge is 0.270 e. The van der Waals surface area contributed by atoms with Crippen molar-refractivity contribution in [1.82, 2.24) is 4.98 Å². The monoisotopic (exact) mass is 312 g/mol. The van der Waals surface area contributed by atoms with Gasteiger partial charge < -0.3 is 0 Å². The van der Waals surface area contributed by atoms with Gasteiger partial charge in [-0.15, -0.1) is 0 Å². The fraction of sp³-hybridized carbons (Fsp3) is 0.0625. The van der Waals surface area contributed by atoms with Crippen molar-refractivity contribution >= 4 is 46.0 Å². The standard InChI is InChI=1S/C16H12N2OS2/c1-11-6-5-7-12(17-11)10-14-15(19)18(16(20)21-14)13-8-3-2-4-9-13/h2-10H,1H3/b14-10+. The number of hydrogen-bond acceptors (Lipinski definition) is 4. The number of amides is 1. The van der Waals surface area contributed by atoms with Gasteiger partial charge in [0, 0.05) is 5.69 Å². The molecule has 0 spiro atoms. The molecular formula is C16H12N2OS2. The maximum absolute atomic E-state index is 12.5. The molecule has 1 fully saturated rings. The number of anilines is 1. The van der Waals surface area contributed by atoms with Crippen molar-refractivity contribution < 1.29 is 4.79 Å². The normalized spacial score (nSPS) is 16.8. The molecule has 1 amide bonds. The lowest BCUT2D eigenvalue weighted by molar-refractivity contribution is -0.113. The Labute approximate surface area is 132 Å². The predicted molar refractivity (Wildman–Crippen MR) is 91.1 cm³/mol.